The minimum Gasteiger partial charge on any atom is -0.486 e. The molecule has 0 amide bonds. The number of hydrogen-bond acceptors (Lipinski definition) is 1. The molecule has 1 aliphatic rings. The van der Waals surface area contributed by atoms with Gasteiger partial charge in [-0.05, 0) is 47.6 Å². The molecule has 36 heavy (non-hydrogen) atoms. The van der Waals surface area contributed by atoms with Gasteiger partial charge in [-0.3, -0.25) is 0 Å². The molecular weight excluding hydrogens is 478 g/mol. The van der Waals surface area contributed by atoms with Gasteiger partial charge in [0.05, 0.1) is 0 Å². The first kappa shape index (κ1) is 26.1. The van der Waals surface area contributed by atoms with Crippen LogP contribution < -0.4 is 4.74 Å². The maximum absolute atomic E-state index is 15.3. The number of aryl methyl sites for hydroxylation is 2. The van der Waals surface area contributed by atoms with Crippen molar-refractivity contribution in [2.75, 3.05) is 0 Å². The SMILES string of the molecule is CCCCCc1ccc(COc2ccc3c(c2F)C(F)[C@@H](F)c2c-3ccc(CCC)c2F)c(F)c1F. The molecule has 1 aliphatic carbocycles. The highest BCUT2D eigenvalue weighted by molar-refractivity contribution is 5.76. The van der Waals surface area contributed by atoms with E-state index in [1.165, 1.54) is 36.4 Å². The Bertz CT molecular complexity index is 1260. The average Bonchev–Trinajstić information content (AvgIpc) is 2.86. The summed E-state index contributed by atoms with van der Waals surface area (Å²) in [6.07, 6.45) is -0.851. The molecule has 2 atom stereocenters. The van der Waals surface area contributed by atoms with Gasteiger partial charge < -0.3 is 4.74 Å². The van der Waals surface area contributed by atoms with E-state index in [2.05, 4.69) is 0 Å². The standard InChI is InChI=1S/C29H28F6O/c1-3-5-6-8-17-9-10-18(26(32)25(17)31)15-36-21-14-13-20-19-12-11-16(7-4-2)24(30)22(19)28(34)29(35)23(20)27(21)33/h9-14,28-29H,3-8,15H2,1-2H3/t28-,29?/m0/s1. The van der Waals surface area contributed by atoms with Crippen LogP contribution in [0.3, 0.4) is 0 Å². The van der Waals surface area contributed by atoms with E-state index in [1.54, 1.807) is 0 Å². The second kappa shape index (κ2) is 11.0. The van der Waals surface area contributed by atoms with E-state index >= 15 is 13.2 Å². The third-order valence-corrected chi connectivity index (χ3v) is 6.70. The van der Waals surface area contributed by atoms with Crippen LogP contribution in [0.1, 0.15) is 79.7 Å². The van der Waals surface area contributed by atoms with Crippen LogP contribution in [0.5, 0.6) is 5.75 Å². The van der Waals surface area contributed by atoms with Crippen LogP contribution in [0.4, 0.5) is 26.3 Å². The number of unbranched alkanes of at least 4 members (excludes halogenated alkanes) is 2. The van der Waals surface area contributed by atoms with E-state index < -0.39 is 59.1 Å². The fraction of sp³-hybridized carbons (Fsp3) is 0.379. The highest BCUT2D eigenvalue weighted by atomic mass is 19.2. The van der Waals surface area contributed by atoms with Crippen molar-refractivity contribution in [3.8, 4) is 16.9 Å². The maximum Gasteiger partial charge on any atom is 0.171 e. The average molecular weight is 507 g/mol. The summed E-state index contributed by atoms with van der Waals surface area (Å²) in [7, 11) is 0. The van der Waals surface area contributed by atoms with E-state index in [-0.39, 0.29) is 27.8 Å². The van der Waals surface area contributed by atoms with Crippen LogP contribution in [-0.2, 0) is 19.4 Å². The predicted octanol–water partition coefficient (Wildman–Crippen LogP) is 9.21. The predicted molar refractivity (Wildman–Crippen MR) is 127 cm³/mol. The van der Waals surface area contributed by atoms with Crippen molar-refractivity contribution in [3.63, 3.8) is 0 Å². The topological polar surface area (TPSA) is 9.23 Å². The fourth-order valence-electron chi connectivity index (χ4n) is 4.74. The molecule has 0 N–H and O–H groups in total. The summed E-state index contributed by atoms with van der Waals surface area (Å²) in [5.41, 5.74) is -0.459. The summed E-state index contributed by atoms with van der Waals surface area (Å²) in [5, 5.41) is 0. The molecule has 1 nitrogen and oxygen atoms in total. The molecule has 0 bridgehead atoms. The molecular formula is C29H28F6O. The molecule has 0 heterocycles. The Morgan fingerprint density at radius 2 is 1.17 bits per heavy atom. The molecule has 0 aromatic heterocycles. The van der Waals surface area contributed by atoms with Crippen molar-refractivity contribution in [1.82, 2.24) is 0 Å². The monoisotopic (exact) mass is 506 g/mol. The van der Waals surface area contributed by atoms with Crippen molar-refractivity contribution in [2.24, 2.45) is 0 Å². The highest BCUT2D eigenvalue weighted by Crippen LogP contribution is 2.51. The Labute approximate surface area is 207 Å². The van der Waals surface area contributed by atoms with Gasteiger partial charge in [-0.15, -0.1) is 0 Å². The Morgan fingerprint density at radius 3 is 1.83 bits per heavy atom. The molecule has 3 aromatic rings. The number of ether oxygens (including phenoxy) is 1. The van der Waals surface area contributed by atoms with Gasteiger partial charge in [0.2, 0.25) is 0 Å². The molecule has 0 fully saturated rings. The van der Waals surface area contributed by atoms with Gasteiger partial charge in [-0.25, -0.2) is 26.3 Å². The molecule has 7 heteroatoms. The van der Waals surface area contributed by atoms with Gasteiger partial charge in [0.1, 0.15) is 12.4 Å². The Morgan fingerprint density at radius 1 is 0.611 bits per heavy atom. The summed E-state index contributed by atoms with van der Waals surface area (Å²) in [4.78, 5) is 0. The Balaban J connectivity index is 1.62. The van der Waals surface area contributed by atoms with Gasteiger partial charge >= 0.3 is 0 Å². The Kier molecular flexibility index (Phi) is 7.96. The van der Waals surface area contributed by atoms with Crippen LogP contribution in [-0.4, -0.2) is 0 Å². The Hall–Kier alpha value is -2.96. The van der Waals surface area contributed by atoms with Crippen molar-refractivity contribution < 1.29 is 31.1 Å². The lowest BCUT2D eigenvalue weighted by molar-refractivity contribution is 0.158. The number of fused-ring (bicyclic) bond motifs is 3. The molecule has 0 radical (unpaired) electrons. The lowest BCUT2D eigenvalue weighted by atomic mass is 9.81. The van der Waals surface area contributed by atoms with Crippen LogP contribution >= 0.6 is 0 Å². The van der Waals surface area contributed by atoms with Gasteiger partial charge in [0.25, 0.3) is 0 Å². The summed E-state index contributed by atoms with van der Waals surface area (Å²) >= 11 is 0. The first-order valence-electron chi connectivity index (χ1n) is 12.3. The highest BCUT2D eigenvalue weighted by Gasteiger charge is 2.39. The fourth-order valence-corrected chi connectivity index (χ4v) is 4.74. The molecule has 0 aliphatic heterocycles. The van der Waals surface area contributed by atoms with E-state index in [1.807, 2.05) is 13.8 Å². The largest absolute Gasteiger partial charge is 0.486 e. The number of benzene rings is 3. The molecule has 4 rings (SSSR count). The summed E-state index contributed by atoms with van der Waals surface area (Å²) in [6.45, 7) is 3.35. The smallest absolute Gasteiger partial charge is 0.171 e. The summed E-state index contributed by atoms with van der Waals surface area (Å²) in [6, 6.07) is 8.35. The number of halogens is 6. The van der Waals surface area contributed by atoms with E-state index in [4.69, 9.17) is 4.74 Å². The maximum atomic E-state index is 15.3. The van der Waals surface area contributed by atoms with E-state index in [0.717, 1.165) is 19.3 Å². The molecule has 1 unspecified atom stereocenters. The van der Waals surface area contributed by atoms with Gasteiger partial charge in [0.15, 0.2) is 35.5 Å². The zero-order valence-corrected chi connectivity index (χ0v) is 20.2. The zero-order valence-electron chi connectivity index (χ0n) is 20.2. The number of rotatable bonds is 9. The van der Waals surface area contributed by atoms with E-state index in [9.17, 15) is 13.2 Å². The van der Waals surface area contributed by atoms with Crippen LogP contribution in [0.2, 0.25) is 0 Å². The molecule has 192 valence electrons. The zero-order chi connectivity index (χ0) is 26.0. The quantitative estimate of drug-likeness (QED) is 0.208. The first-order chi connectivity index (χ1) is 17.3. The third-order valence-electron chi connectivity index (χ3n) is 6.70. The van der Waals surface area contributed by atoms with Gasteiger partial charge in [-0.1, -0.05) is 63.4 Å². The minimum atomic E-state index is -2.45. The number of alkyl halides is 2. The van der Waals surface area contributed by atoms with Crippen molar-refractivity contribution in [2.45, 2.75) is 71.3 Å². The third kappa shape index (κ3) is 4.72. The molecule has 3 aromatic carbocycles. The van der Waals surface area contributed by atoms with Crippen LogP contribution in [0.25, 0.3) is 11.1 Å². The van der Waals surface area contributed by atoms with Gasteiger partial charge in [-0.2, -0.15) is 0 Å². The summed E-state index contributed by atoms with van der Waals surface area (Å²) < 4.78 is 94.7. The second-order valence-corrected chi connectivity index (χ2v) is 9.15. The normalized spacial score (nSPS) is 16.6. The molecule has 0 saturated heterocycles. The van der Waals surface area contributed by atoms with E-state index in [0.29, 0.717) is 19.3 Å². The minimum absolute atomic E-state index is 0.0341. The van der Waals surface area contributed by atoms with Crippen molar-refractivity contribution >= 4 is 0 Å². The number of hydrogen-bond donors (Lipinski definition) is 0. The van der Waals surface area contributed by atoms with Crippen LogP contribution in [0.15, 0.2) is 36.4 Å². The summed E-state index contributed by atoms with van der Waals surface area (Å²) in [5.74, 6) is -4.44. The van der Waals surface area contributed by atoms with Crippen molar-refractivity contribution in [3.05, 3.63) is 87.5 Å². The van der Waals surface area contributed by atoms with Crippen LogP contribution in [0, 0.1) is 23.3 Å². The lowest BCUT2D eigenvalue weighted by Crippen LogP contribution is -2.16. The molecule has 0 spiro atoms. The first-order valence-corrected chi connectivity index (χ1v) is 12.3. The second-order valence-electron chi connectivity index (χ2n) is 9.15. The lowest BCUT2D eigenvalue weighted by Gasteiger charge is -2.28. The van der Waals surface area contributed by atoms with Crippen molar-refractivity contribution in [1.29, 1.82) is 0 Å². The van der Waals surface area contributed by atoms with Gasteiger partial charge in [0, 0.05) is 16.7 Å². The molecule has 0 saturated carbocycles.